The molecular weight excluding hydrogens is 359 g/mol. The highest BCUT2D eigenvalue weighted by atomic mass is 79.9. The Morgan fingerprint density at radius 1 is 1.30 bits per heavy atom. The van der Waals surface area contributed by atoms with Crippen LogP contribution in [0.1, 0.15) is 20.8 Å². The Kier molecular flexibility index (Phi) is 5.37. The van der Waals surface area contributed by atoms with Gasteiger partial charge in [-0.2, -0.15) is 13.2 Å². The van der Waals surface area contributed by atoms with Crippen molar-refractivity contribution in [2.75, 3.05) is 5.32 Å². The van der Waals surface area contributed by atoms with E-state index in [2.05, 4.69) is 21.2 Å². The van der Waals surface area contributed by atoms with Crippen LogP contribution in [0, 0.1) is 0 Å². The van der Waals surface area contributed by atoms with Crippen molar-refractivity contribution in [1.82, 2.24) is 0 Å². The van der Waals surface area contributed by atoms with E-state index < -0.39 is 17.2 Å². The minimum absolute atomic E-state index is 0.0270. The zero-order valence-corrected chi connectivity index (χ0v) is 13.4. The maximum Gasteiger partial charge on any atom is 0.446 e. The Hall–Kier alpha value is -0.890. The number of benzene rings is 1. The van der Waals surface area contributed by atoms with E-state index in [0.29, 0.717) is 10.2 Å². The number of carbonyl (C=O) groups is 1. The largest absolute Gasteiger partial charge is 0.446 e. The first-order chi connectivity index (χ1) is 8.96. The van der Waals surface area contributed by atoms with Crippen LogP contribution in [-0.2, 0) is 4.74 Å². The molecule has 0 aliphatic rings. The van der Waals surface area contributed by atoms with Crippen LogP contribution in [0.2, 0.25) is 0 Å². The number of halogens is 4. The van der Waals surface area contributed by atoms with Gasteiger partial charge in [0, 0.05) is 9.37 Å². The van der Waals surface area contributed by atoms with Gasteiger partial charge in [0.1, 0.15) is 5.60 Å². The summed E-state index contributed by atoms with van der Waals surface area (Å²) in [5, 5.41) is 2.46. The van der Waals surface area contributed by atoms with Gasteiger partial charge >= 0.3 is 11.6 Å². The van der Waals surface area contributed by atoms with E-state index in [-0.39, 0.29) is 16.7 Å². The molecule has 0 atom stereocenters. The molecular formula is C12H13BrF3NO2S. The molecule has 1 aromatic rings. The molecule has 0 radical (unpaired) electrons. The second kappa shape index (κ2) is 6.26. The van der Waals surface area contributed by atoms with Crippen molar-refractivity contribution in [3.05, 3.63) is 22.7 Å². The molecule has 0 aliphatic carbocycles. The van der Waals surface area contributed by atoms with Crippen LogP contribution in [0.5, 0.6) is 0 Å². The third-order valence-electron chi connectivity index (χ3n) is 1.81. The summed E-state index contributed by atoms with van der Waals surface area (Å²) in [6.07, 6.45) is -0.672. The van der Waals surface area contributed by atoms with E-state index in [1.807, 2.05) is 0 Å². The summed E-state index contributed by atoms with van der Waals surface area (Å²) >= 11 is 2.89. The van der Waals surface area contributed by atoms with Gasteiger partial charge in [0.05, 0.1) is 5.69 Å². The number of anilines is 1. The molecule has 8 heteroatoms. The summed E-state index contributed by atoms with van der Waals surface area (Å²) in [6.45, 7) is 5.14. The topological polar surface area (TPSA) is 38.3 Å². The van der Waals surface area contributed by atoms with Crippen molar-refractivity contribution in [3.8, 4) is 0 Å². The van der Waals surface area contributed by atoms with E-state index in [1.54, 1.807) is 20.8 Å². The number of ether oxygens (including phenoxy) is 1. The molecule has 1 N–H and O–H groups in total. The van der Waals surface area contributed by atoms with Gasteiger partial charge in [0.2, 0.25) is 0 Å². The van der Waals surface area contributed by atoms with E-state index >= 15 is 0 Å². The molecule has 0 saturated carbocycles. The zero-order chi connectivity index (χ0) is 15.6. The third kappa shape index (κ3) is 6.51. The van der Waals surface area contributed by atoms with Crippen molar-refractivity contribution < 1.29 is 22.7 Å². The van der Waals surface area contributed by atoms with Crippen molar-refractivity contribution in [2.24, 2.45) is 0 Å². The van der Waals surface area contributed by atoms with Crippen LogP contribution in [-0.4, -0.2) is 17.2 Å². The number of hydrogen-bond acceptors (Lipinski definition) is 3. The molecule has 0 aromatic heterocycles. The summed E-state index contributed by atoms with van der Waals surface area (Å²) in [5.41, 5.74) is -4.66. The fourth-order valence-corrected chi connectivity index (χ4v) is 2.42. The van der Waals surface area contributed by atoms with Gasteiger partial charge < -0.3 is 4.74 Å². The summed E-state index contributed by atoms with van der Waals surface area (Å²) in [5.74, 6) is 0. The monoisotopic (exact) mass is 371 g/mol. The molecule has 0 heterocycles. The predicted octanol–water partition coefficient (Wildman–Crippen LogP) is 5.41. The van der Waals surface area contributed by atoms with Crippen molar-refractivity contribution >= 4 is 39.5 Å². The Morgan fingerprint density at radius 3 is 2.35 bits per heavy atom. The van der Waals surface area contributed by atoms with Crippen molar-refractivity contribution in [1.29, 1.82) is 0 Å². The number of carbonyl (C=O) groups excluding carboxylic acids is 1. The molecule has 0 spiro atoms. The van der Waals surface area contributed by atoms with Gasteiger partial charge in [-0.05, 0) is 66.7 Å². The number of alkyl halides is 3. The van der Waals surface area contributed by atoms with Gasteiger partial charge in [-0.1, -0.05) is 0 Å². The molecule has 1 amide bonds. The normalized spacial score (nSPS) is 12.2. The quantitative estimate of drug-likeness (QED) is 0.706. The number of amides is 1. The molecule has 0 fully saturated rings. The van der Waals surface area contributed by atoms with Crippen LogP contribution >= 0.6 is 27.7 Å². The predicted molar refractivity (Wildman–Crippen MR) is 75.9 cm³/mol. The molecule has 0 aliphatic heterocycles. The molecule has 1 aromatic carbocycles. The highest BCUT2D eigenvalue weighted by molar-refractivity contribution is 9.10. The average molecular weight is 372 g/mol. The van der Waals surface area contributed by atoms with Crippen LogP contribution in [0.25, 0.3) is 0 Å². The second-order valence-electron chi connectivity index (χ2n) is 4.82. The molecule has 20 heavy (non-hydrogen) atoms. The lowest BCUT2D eigenvalue weighted by atomic mass is 10.2. The van der Waals surface area contributed by atoms with Gasteiger partial charge in [0.15, 0.2) is 0 Å². The van der Waals surface area contributed by atoms with E-state index in [9.17, 15) is 18.0 Å². The van der Waals surface area contributed by atoms with Crippen LogP contribution in [0.3, 0.4) is 0 Å². The lowest BCUT2D eigenvalue weighted by molar-refractivity contribution is -0.0328. The standard InChI is InChI=1S/C12H13BrF3NO2S/c1-11(2,3)19-10(18)17-9-5-4-7(6-8(9)13)20-12(14,15)16/h4-6H,1-3H3,(H,17,18). The lowest BCUT2D eigenvalue weighted by Gasteiger charge is -2.20. The fraction of sp³-hybridized carbons (Fsp3) is 0.417. The molecule has 0 bridgehead atoms. The van der Waals surface area contributed by atoms with Crippen LogP contribution in [0.15, 0.2) is 27.6 Å². The Morgan fingerprint density at radius 2 is 1.90 bits per heavy atom. The van der Waals surface area contributed by atoms with Crippen molar-refractivity contribution in [3.63, 3.8) is 0 Å². The summed E-state index contributed by atoms with van der Waals surface area (Å²) in [7, 11) is 0. The molecule has 112 valence electrons. The lowest BCUT2D eigenvalue weighted by Crippen LogP contribution is -2.27. The first-order valence-electron chi connectivity index (χ1n) is 5.51. The Bertz CT molecular complexity index is 500. The first-order valence-corrected chi connectivity index (χ1v) is 7.12. The number of rotatable bonds is 2. The van der Waals surface area contributed by atoms with E-state index in [4.69, 9.17) is 4.74 Å². The SMILES string of the molecule is CC(C)(C)OC(=O)Nc1ccc(SC(F)(F)F)cc1Br. The summed E-state index contributed by atoms with van der Waals surface area (Å²) in [6, 6.07) is 3.93. The molecule has 0 saturated heterocycles. The van der Waals surface area contributed by atoms with Crippen LogP contribution < -0.4 is 5.32 Å². The fourth-order valence-electron chi connectivity index (χ4n) is 1.21. The van der Waals surface area contributed by atoms with Gasteiger partial charge in [-0.3, -0.25) is 5.32 Å². The maximum atomic E-state index is 12.2. The zero-order valence-electron chi connectivity index (χ0n) is 11.0. The smallest absolute Gasteiger partial charge is 0.444 e. The minimum atomic E-state index is -4.35. The number of thioether (sulfide) groups is 1. The second-order valence-corrected chi connectivity index (χ2v) is 6.81. The number of nitrogens with one attached hydrogen (secondary N) is 1. The molecule has 1 rings (SSSR count). The maximum absolute atomic E-state index is 12.2. The number of hydrogen-bond donors (Lipinski definition) is 1. The van der Waals surface area contributed by atoms with E-state index in [0.717, 1.165) is 0 Å². The van der Waals surface area contributed by atoms with Gasteiger partial charge in [0.25, 0.3) is 0 Å². The van der Waals surface area contributed by atoms with E-state index in [1.165, 1.54) is 18.2 Å². The van der Waals surface area contributed by atoms with Gasteiger partial charge in [-0.15, -0.1) is 0 Å². The van der Waals surface area contributed by atoms with Crippen LogP contribution in [0.4, 0.5) is 23.7 Å². The average Bonchev–Trinajstić information content (AvgIpc) is 2.17. The molecule has 3 nitrogen and oxygen atoms in total. The third-order valence-corrected chi connectivity index (χ3v) is 3.19. The summed E-state index contributed by atoms with van der Waals surface area (Å²) < 4.78 is 42.1. The highest BCUT2D eigenvalue weighted by Gasteiger charge is 2.29. The highest BCUT2D eigenvalue weighted by Crippen LogP contribution is 2.39. The summed E-state index contributed by atoms with van der Waals surface area (Å²) in [4.78, 5) is 11.6. The Labute approximate surface area is 127 Å². The minimum Gasteiger partial charge on any atom is -0.444 e. The first kappa shape index (κ1) is 17.2. The Balaban J connectivity index is 2.76. The van der Waals surface area contributed by atoms with Crippen molar-refractivity contribution in [2.45, 2.75) is 36.8 Å². The molecule has 0 unspecified atom stereocenters. The van der Waals surface area contributed by atoms with Gasteiger partial charge in [-0.25, -0.2) is 4.79 Å².